The quantitative estimate of drug-likeness (QED) is 0.545. The van der Waals surface area contributed by atoms with E-state index in [-0.39, 0.29) is 19.2 Å². The van der Waals surface area contributed by atoms with Gasteiger partial charge in [-0.1, -0.05) is 24.3 Å². The SMILES string of the molecule is CCNC(=NCc1ccc2c(c1)OCO2)NCC(=O)N1CCN(c2ccccc2)CC1. The molecule has 0 unspecified atom stereocenters. The van der Waals surface area contributed by atoms with E-state index in [2.05, 4.69) is 32.7 Å². The van der Waals surface area contributed by atoms with Crippen LogP contribution in [0.3, 0.4) is 0 Å². The molecule has 2 aliphatic heterocycles. The van der Waals surface area contributed by atoms with Crippen molar-refractivity contribution in [1.82, 2.24) is 15.5 Å². The minimum atomic E-state index is 0.0846. The Bertz CT molecular complexity index is 911. The Kier molecular flexibility index (Phi) is 6.76. The maximum Gasteiger partial charge on any atom is 0.242 e. The van der Waals surface area contributed by atoms with E-state index in [1.54, 1.807) is 0 Å². The van der Waals surface area contributed by atoms with Gasteiger partial charge in [0.15, 0.2) is 17.5 Å². The molecule has 0 atom stereocenters. The van der Waals surface area contributed by atoms with Gasteiger partial charge in [-0.15, -0.1) is 0 Å². The molecule has 0 aliphatic carbocycles. The normalized spacial score (nSPS) is 15.7. The molecule has 0 saturated carbocycles. The van der Waals surface area contributed by atoms with E-state index in [0.29, 0.717) is 12.5 Å². The van der Waals surface area contributed by atoms with E-state index in [0.717, 1.165) is 49.8 Å². The summed E-state index contributed by atoms with van der Waals surface area (Å²) >= 11 is 0. The second kappa shape index (κ2) is 10.1. The Hall–Kier alpha value is -3.42. The highest BCUT2D eigenvalue weighted by atomic mass is 16.7. The van der Waals surface area contributed by atoms with E-state index in [1.807, 2.05) is 48.2 Å². The third kappa shape index (κ3) is 5.39. The van der Waals surface area contributed by atoms with Crippen LogP contribution in [0.15, 0.2) is 53.5 Å². The van der Waals surface area contributed by atoms with Crippen LogP contribution in [0.2, 0.25) is 0 Å². The first-order chi connectivity index (χ1) is 15.2. The smallest absolute Gasteiger partial charge is 0.242 e. The molecule has 4 rings (SSSR count). The summed E-state index contributed by atoms with van der Waals surface area (Å²) in [6, 6.07) is 16.1. The number of aliphatic imine (C=N–C) groups is 1. The number of fused-ring (bicyclic) bond motifs is 1. The van der Waals surface area contributed by atoms with Crippen LogP contribution in [-0.2, 0) is 11.3 Å². The van der Waals surface area contributed by atoms with Crippen molar-refractivity contribution in [1.29, 1.82) is 0 Å². The average molecular weight is 424 g/mol. The van der Waals surface area contributed by atoms with Crippen LogP contribution >= 0.6 is 0 Å². The van der Waals surface area contributed by atoms with Crippen molar-refractivity contribution in [2.75, 3.05) is 51.0 Å². The fourth-order valence-electron chi connectivity index (χ4n) is 3.68. The van der Waals surface area contributed by atoms with Crippen LogP contribution in [0.1, 0.15) is 12.5 Å². The van der Waals surface area contributed by atoms with E-state index >= 15 is 0 Å². The van der Waals surface area contributed by atoms with Gasteiger partial charge in [0.1, 0.15) is 0 Å². The number of anilines is 1. The first-order valence-electron chi connectivity index (χ1n) is 10.7. The highest BCUT2D eigenvalue weighted by Crippen LogP contribution is 2.32. The number of guanidine groups is 1. The molecule has 0 bridgehead atoms. The summed E-state index contributed by atoms with van der Waals surface area (Å²) in [6.45, 7) is 6.81. The van der Waals surface area contributed by atoms with Gasteiger partial charge in [-0.25, -0.2) is 4.99 Å². The fraction of sp³-hybridized carbons (Fsp3) is 0.391. The molecule has 8 nitrogen and oxygen atoms in total. The molecule has 1 saturated heterocycles. The minimum absolute atomic E-state index is 0.0846. The molecule has 0 spiro atoms. The van der Waals surface area contributed by atoms with Gasteiger partial charge >= 0.3 is 0 Å². The maximum absolute atomic E-state index is 12.7. The molecule has 2 aliphatic rings. The standard InChI is InChI=1S/C23H29N5O3/c1-2-24-23(25-15-18-8-9-20-21(14-18)31-17-30-20)26-16-22(29)28-12-10-27(11-13-28)19-6-4-3-5-7-19/h3-9,14H,2,10-13,15-17H2,1H3,(H2,24,25,26). The number of nitrogens with zero attached hydrogens (tertiary/aromatic N) is 3. The van der Waals surface area contributed by atoms with Gasteiger partial charge in [-0.2, -0.15) is 0 Å². The van der Waals surface area contributed by atoms with Crippen molar-refractivity contribution in [2.45, 2.75) is 13.5 Å². The van der Waals surface area contributed by atoms with Crippen LogP contribution in [-0.4, -0.2) is 62.8 Å². The molecule has 8 heteroatoms. The Morgan fingerprint density at radius 3 is 2.55 bits per heavy atom. The molecular formula is C23H29N5O3. The van der Waals surface area contributed by atoms with Gasteiger partial charge in [-0.3, -0.25) is 4.79 Å². The van der Waals surface area contributed by atoms with Crippen LogP contribution in [0.4, 0.5) is 5.69 Å². The zero-order chi connectivity index (χ0) is 21.5. The molecule has 0 radical (unpaired) electrons. The molecule has 2 N–H and O–H groups in total. The number of para-hydroxylation sites is 1. The van der Waals surface area contributed by atoms with Crippen LogP contribution < -0.4 is 25.0 Å². The first-order valence-corrected chi connectivity index (χ1v) is 10.7. The van der Waals surface area contributed by atoms with E-state index < -0.39 is 0 Å². The fourth-order valence-corrected chi connectivity index (χ4v) is 3.68. The number of nitrogens with one attached hydrogen (secondary N) is 2. The maximum atomic E-state index is 12.7. The van der Waals surface area contributed by atoms with Crippen LogP contribution in [0.5, 0.6) is 11.5 Å². The predicted octanol–water partition coefficient (Wildman–Crippen LogP) is 1.82. The summed E-state index contributed by atoms with van der Waals surface area (Å²) in [5.74, 6) is 2.21. The van der Waals surface area contributed by atoms with Crippen LogP contribution in [0, 0.1) is 0 Å². The molecule has 2 aromatic carbocycles. The molecule has 0 aromatic heterocycles. The van der Waals surface area contributed by atoms with Crippen molar-refractivity contribution in [3.8, 4) is 11.5 Å². The summed E-state index contributed by atoms with van der Waals surface area (Å²) in [4.78, 5) is 21.5. The number of piperazine rings is 1. The molecule has 2 aromatic rings. The Morgan fingerprint density at radius 1 is 1.00 bits per heavy atom. The Morgan fingerprint density at radius 2 is 1.77 bits per heavy atom. The summed E-state index contributed by atoms with van der Waals surface area (Å²) in [5.41, 5.74) is 2.22. The topological polar surface area (TPSA) is 78.4 Å². The number of carbonyl (C=O) groups excluding carboxylic acids is 1. The van der Waals surface area contributed by atoms with Gasteiger partial charge in [0.2, 0.25) is 12.7 Å². The number of rotatable bonds is 6. The monoisotopic (exact) mass is 423 g/mol. The second-order valence-corrected chi connectivity index (χ2v) is 7.44. The lowest BCUT2D eigenvalue weighted by Crippen LogP contribution is -2.52. The number of hydrogen-bond donors (Lipinski definition) is 2. The van der Waals surface area contributed by atoms with Gasteiger partial charge in [-0.05, 0) is 36.8 Å². The summed E-state index contributed by atoms with van der Waals surface area (Å²) in [5, 5.41) is 6.36. The lowest BCUT2D eigenvalue weighted by molar-refractivity contribution is -0.130. The molecular weight excluding hydrogens is 394 g/mol. The minimum Gasteiger partial charge on any atom is -0.454 e. The molecule has 31 heavy (non-hydrogen) atoms. The van der Waals surface area contributed by atoms with Crippen molar-refractivity contribution < 1.29 is 14.3 Å². The number of carbonyl (C=O) groups is 1. The summed E-state index contributed by atoms with van der Waals surface area (Å²) in [6.07, 6.45) is 0. The summed E-state index contributed by atoms with van der Waals surface area (Å²) in [7, 11) is 0. The summed E-state index contributed by atoms with van der Waals surface area (Å²) < 4.78 is 10.8. The molecule has 1 amide bonds. The van der Waals surface area contributed by atoms with Gasteiger partial charge in [0.25, 0.3) is 0 Å². The number of hydrogen-bond acceptors (Lipinski definition) is 5. The number of benzene rings is 2. The largest absolute Gasteiger partial charge is 0.454 e. The Balaban J connectivity index is 1.27. The van der Waals surface area contributed by atoms with Crippen molar-refractivity contribution >= 4 is 17.6 Å². The Labute approximate surface area is 182 Å². The number of amides is 1. The molecule has 164 valence electrons. The lowest BCUT2D eigenvalue weighted by atomic mass is 10.2. The van der Waals surface area contributed by atoms with Crippen molar-refractivity contribution in [3.05, 3.63) is 54.1 Å². The highest BCUT2D eigenvalue weighted by molar-refractivity contribution is 5.86. The molecule has 2 heterocycles. The first kappa shape index (κ1) is 20.8. The van der Waals surface area contributed by atoms with Gasteiger partial charge < -0.3 is 29.9 Å². The highest BCUT2D eigenvalue weighted by Gasteiger charge is 2.21. The number of ether oxygens (including phenoxy) is 2. The van der Waals surface area contributed by atoms with Crippen molar-refractivity contribution in [2.24, 2.45) is 4.99 Å². The van der Waals surface area contributed by atoms with E-state index in [9.17, 15) is 4.79 Å². The van der Waals surface area contributed by atoms with Crippen LogP contribution in [0.25, 0.3) is 0 Å². The lowest BCUT2D eigenvalue weighted by Gasteiger charge is -2.36. The predicted molar refractivity (Wildman–Crippen MR) is 121 cm³/mol. The van der Waals surface area contributed by atoms with Crippen molar-refractivity contribution in [3.63, 3.8) is 0 Å². The average Bonchev–Trinajstić information content (AvgIpc) is 3.29. The van der Waals surface area contributed by atoms with Gasteiger partial charge in [0, 0.05) is 38.4 Å². The van der Waals surface area contributed by atoms with E-state index in [1.165, 1.54) is 5.69 Å². The third-order valence-corrected chi connectivity index (χ3v) is 5.36. The third-order valence-electron chi connectivity index (χ3n) is 5.36. The second-order valence-electron chi connectivity index (χ2n) is 7.44. The zero-order valence-corrected chi connectivity index (χ0v) is 17.8. The molecule has 1 fully saturated rings. The van der Waals surface area contributed by atoms with E-state index in [4.69, 9.17) is 9.47 Å². The zero-order valence-electron chi connectivity index (χ0n) is 17.8. The van der Waals surface area contributed by atoms with Gasteiger partial charge in [0.05, 0.1) is 13.1 Å².